The summed E-state index contributed by atoms with van der Waals surface area (Å²) in [5, 5.41) is 2.96. The molecule has 0 radical (unpaired) electrons. The molecule has 0 aliphatic carbocycles. The number of aromatic nitrogens is 2. The number of anilines is 1. The van der Waals surface area contributed by atoms with E-state index in [1.807, 2.05) is 31.2 Å². The van der Waals surface area contributed by atoms with Crippen LogP contribution in [0.3, 0.4) is 0 Å². The van der Waals surface area contributed by atoms with Gasteiger partial charge in [-0.2, -0.15) is 0 Å². The van der Waals surface area contributed by atoms with E-state index in [0.717, 1.165) is 31.2 Å². The van der Waals surface area contributed by atoms with E-state index in [0.29, 0.717) is 18.1 Å². The lowest BCUT2D eigenvalue weighted by Gasteiger charge is -2.31. The van der Waals surface area contributed by atoms with Crippen molar-refractivity contribution < 1.29 is 4.79 Å². The van der Waals surface area contributed by atoms with Crippen LogP contribution < -0.4 is 10.2 Å². The minimum Gasteiger partial charge on any atom is -0.356 e. The normalized spacial score (nSPS) is 15.2. The van der Waals surface area contributed by atoms with E-state index in [4.69, 9.17) is 0 Å². The van der Waals surface area contributed by atoms with Crippen molar-refractivity contribution in [1.29, 1.82) is 0 Å². The molecule has 1 fully saturated rings. The number of nitrogens with one attached hydrogen (secondary N) is 1. The topological polar surface area (TPSA) is 58.1 Å². The molecule has 132 valence electrons. The number of carbonyl (C=O) groups excluding carboxylic acids is 1. The maximum absolute atomic E-state index is 12.5. The number of hydrogen-bond donors (Lipinski definition) is 1. The Hall–Kier alpha value is -2.43. The molecule has 2 aromatic rings. The first kappa shape index (κ1) is 17.4. The Labute approximate surface area is 149 Å². The minimum atomic E-state index is -0.131. The van der Waals surface area contributed by atoms with Crippen LogP contribution in [0.5, 0.6) is 0 Å². The van der Waals surface area contributed by atoms with E-state index in [1.54, 1.807) is 0 Å². The quantitative estimate of drug-likeness (QED) is 0.910. The van der Waals surface area contributed by atoms with Gasteiger partial charge in [0.15, 0.2) is 0 Å². The molecule has 1 aliphatic heterocycles. The van der Waals surface area contributed by atoms with Gasteiger partial charge in [-0.1, -0.05) is 37.3 Å². The van der Waals surface area contributed by atoms with Crippen molar-refractivity contribution in [2.75, 3.05) is 24.5 Å². The largest absolute Gasteiger partial charge is 0.356 e. The van der Waals surface area contributed by atoms with Crippen LogP contribution >= 0.6 is 0 Å². The third-order valence-electron chi connectivity index (χ3n) is 4.71. The van der Waals surface area contributed by atoms with Crippen LogP contribution in [0.4, 0.5) is 5.82 Å². The smallest absolute Gasteiger partial charge is 0.270 e. The van der Waals surface area contributed by atoms with Crippen LogP contribution in [0, 0.1) is 12.8 Å². The van der Waals surface area contributed by atoms with Gasteiger partial charge in [0.05, 0.1) is 0 Å². The second kappa shape index (κ2) is 8.10. The molecule has 5 heteroatoms. The predicted octanol–water partition coefficient (Wildman–Crippen LogP) is 2.99. The number of aryl methyl sites for hydroxylation is 1. The first-order valence-corrected chi connectivity index (χ1v) is 9.04. The molecule has 1 amide bonds. The fraction of sp³-hybridized carbons (Fsp3) is 0.450. The zero-order chi connectivity index (χ0) is 17.6. The summed E-state index contributed by atoms with van der Waals surface area (Å²) in [5.41, 5.74) is 1.67. The molecule has 0 atom stereocenters. The summed E-state index contributed by atoms with van der Waals surface area (Å²) in [6.45, 7) is 6.72. The van der Waals surface area contributed by atoms with Crippen molar-refractivity contribution in [2.45, 2.75) is 33.1 Å². The van der Waals surface area contributed by atoms with E-state index < -0.39 is 0 Å². The van der Waals surface area contributed by atoms with Crippen LogP contribution in [0.2, 0.25) is 0 Å². The molecule has 0 spiro atoms. The summed E-state index contributed by atoms with van der Waals surface area (Å²) in [6, 6.07) is 12.0. The Morgan fingerprint density at radius 2 is 1.92 bits per heavy atom. The van der Waals surface area contributed by atoms with E-state index in [2.05, 4.69) is 39.2 Å². The zero-order valence-electron chi connectivity index (χ0n) is 15.0. The highest BCUT2D eigenvalue weighted by atomic mass is 16.1. The highest BCUT2D eigenvalue weighted by Gasteiger charge is 2.19. The third kappa shape index (κ3) is 4.78. The van der Waals surface area contributed by atoms with Crippen LogP contribution in [0.25, 0.3) is 0 Å². The van der Waals surface area contributed by atoms with Crippen LogP contribution in [-0.4, -0.2) is 35.5 Å². The second-order valence-corrected chi connectivity index (χ2v) is 6.82. The molecule has 3 rings (SSSR count). The maximum Gasteiger partial charge on any atom is 0.270 e. The molecule has 1 aliphatic rings. The third-order valence-corrected chi connectivity index (χ3v) is 4.71. The molecule has 1 aromatic heterocycles. The first-order chi connectivity index (χ1) is 12.1. The number of amides is 1. The minimum absolute atomic E-state index is 0.131. The second-order valence-electron chi connectivity index (χ2n) is 6.82. The lowest BCUT2D eigenvalue weighted by atomic mass is 9.99. The van der Waals surface area contributed by atoms with Gasteiger partial charge in [-0.3, -0.25) is 4.79 Å². The van der Waals surface area contributed by atoms with Crippen molar-refractivity contribution in [3.63, 3.8) is 0 Å². The van der Waals surface area contributed by atoms with Crippen molar-refractivity contribution in [2.24, 2.45) is 5.92 Å². The number of nitrogens with zero attached hydrogens (tertiary/aromatic N) is 3. The van der Waals surface area contributed by atoms with Crippen molar-refractivity contribution in [1.82, 2.24) is 15.3 Å². The van der Waals surface area contributed by atoms with E-state index in [1.165, 1.54) is 18.4 Å². The summed E-state index contributed by atoms with van der Waals surface area (Å²) in [6.07, 6.45) is 3.15. The molecule has 25 heavy (non-hydrogen) atoms. The molecule has 0 unspecified atom stereocenters. The summed E-state index contributed by atoms with van der Waals surface area (Å²) in [5.74, 6) is 2.14. The van der Waals surface area contributed by atoms with E-state index in [9.17, 15) is 4.79 Å². The number of piperidine rings is 1. The van der Waals surface area contributed by atoms with Gasteiger partial charge in [0.25, 0.3) is 5.91 Å². The Balaban J connectivity index is 1.62. The Kier molecular flexibility index (Phi) is 5.64. The lowest BCUT2D eigenvalue weighted by molar-refractivity contribution is 0.0948. The number of rotatable bonds is 5. The van der Waals surface area contributed by atoms with Gasteiger partial charge in [-0.25, -0.2) is 9.97 Å². The molecule has 1 N–H and O–H groups in total. The average Bonchev–Trinajstić information content (AvgIpc) is 2.62. The first-order valence-electron chi connectivity index (χ1n) is 9.04. The Bertz CT molecular complexity index is 709. The van der Waals surface area contributed by atoms with Gasteiger partial charge < -0.3 is 10.2 Å². The van der Waals surface area contributed by atoms with Gasteiger partial charge in [-0.15, -0.1) is 0 Å². The average molecular weight is 338 g/mol. The van der Waals surface area contributed by atoms with Crippen LogP contribution in [0.15, 0.2) is 36.4 Å². The Morgan fingerprint density at radius 1 is 1.20 bits per heavy atom. The van der Waals surface area contributed by atoms with Gasteiger partial charge in [0.1, 0.15) is 17.3 Å². The number of carbonyl (C=O) groups is 1. The molecule has 2 heterocycles. The SMILES string of the molecule is Cc1nc(C(=O)NCCc2ccccc2)cc(N2CCC(C)CC2)n1. The zero-order valence-corrected chi connectivity index (χ0v) is 15.0. The van der Waals surface area contributed by atoms with E-state index >= 15 is 0 Å². The highest BCUT2D eigenvalue weighted by molar-refractivity contribution is 5.92. The Morgan fingerprint density at radius 3 is 2.64 bits per heavy atom. The van der Waals surface area contributed by atoms with Crippen molar-refractivity contribution in [3.05, 3.63) is 53.5 Å². The molecular formula is C20H26N4O. The standard InChI is InChI=1S/C20H26N4O/c1-15-9-12-24(13-10-15)19-14-18(22-16(2)23-19)20(25)21-11-8-17-6-4-3-5-7-17/h3-7,14-15H,8-13H2,1-2H3,(H,21,25). The van der Waals surface area contributed by atoms with E-state index in [-0.39, 0.29) is 5.91 Å². The van der Waals surface area contributed by atoms with Crippen molar-refractivity contribution in [3.8, 4) is 0 Å². The molecule has 5 nitrogen and oxygen atoms in total. The van der Waals surface area contributed by atoms with Gasteiger partial charge >= 0.3 is 0 Å². The summed E-state index contributed by atoms with van der Waals surface area (Å²) in [4.78, 5) is 23.6. The van der Waals surface area contributed by atoms with Gasteiger partial charge in [0.2, 0.25) is 0 Å². The van der Waals surface area contributed by atoms with Gasteiger partial charge in [-0.05, 0) is 37.7 Å². The molecule has 1 saturated heterocycles. The van der Waals surface area contributed by atoms with Gasteiger partial charge in [0, 0.05) is 25.7 Å². The molecular weight excluding hydrogens is 312 g/mol. The molecule has 0 saturated carbocycles. The maximum atomic E-state index is 12.5. The fourth-order valence-electron chi connectivity index (χ4n) is 3.12. The number of hydrogen-bond acceptors (Lipinski definition) is 4. The predicted molar refractivity (Wildman–Crippen MR) is 99.9 cm³/mol. The van der Waals surface area contributed by atoms with Crippen LogP contribution in [-0.2, 0) is 6.42 Å². The van der Waals surface area contributed by atoms with Crippen molar-refractivity contribution >= 4 is 11.7 Å². The molecule has 0 bridgehead atoms. The highest BCUT2D eigenvalue weighted by Crippen LogP contribution is 2.21. The summed E-state index contributed by atoms with van der Waals surface area (Å²) < 4.78 is 0. The lowest BCUT2D eigenvalue weighted by Crippen LogP contribution is -2.34. The summed E-state index contributed by atoms with van der Waals surface area (Å²) >= 11 is 0. The molecule has 1 aromatic carbocycles. The monoisotopic (exact) mass is 338 g/mol. The van der Waals surface area contributed by atoms with Crippen LogP contribution in [0.1, 0.15) is 41.6 Å². The number of benzene rings is 1. The fourth-order valence-corrected chi connectivity index (χ4v) is 3.12. The summed E-state index contributed by atoms with van der Waals surface area (Å²) in [7, 11) is 0.